The molecule has 1 heterocycles. The fraction of sp³-hybridized carbons (Fsp3) is 0.700. The lowest BCUT2D eigenvalue weighted by Gasteiger charge is -2.35. The third kappa shape index (κ3) is 3.40. The van der Waals surface area contributed by atoms with Crippen molar-refractivity contribution < 1.29 is 39.5 Å². The summed E-state index contributed by atoms with van der Waals surface area (Å²) < 4.78 is 5.12. The van der Waals surface area contributed by atoms with Crippen LogP contribution in [0.25, 0.3) is 0 Å². The van der Waals surface area contributed by atoms with E-state index in [1.807, 2.05) is 0 Å². The van der Waals surface area contributed by atoms with E-state index in [9.17, 15) is 19.5 Å². The Morgan fingerprint density at radius 3 is 2.32 bits per heavy atom. The van der Waals surface area contributed by atoms with Crippen LogP contribution < -0.4 is 5.32 Å². The fourth-order valence-electron chi connectivity index (χ4n) is 2.02. The molecule has 9 heteroatoms. The van der Waals surface area contributed by atoms with Crippen LogP contribution in [0.3, 0.4) is 0 Å². The molecule has 3 atom stereocenters. The zero-order valence-corrected chi connectivity index (χ0v) is 9.90. The molecule has 0 bridgehead atoms. The van der Waals surface area contributed by atoms with Crippen LogP contribution in [-0.2, 0) is 19.1 Å². The number of hydrogen-bond acceptors (Lipinski definition) is 6. The highest BCUT2D eigenvalue weighted by atomic mass is 16.5. The third-order valence-corrected chi connectivity index (χ3v) is 2.90. The van der Waals surface area contributed by atoms with Gasteiger partial charge in [0.05, 0.1) is 19.1 Å². The van der Waals surface area contributed by atoms with Crippen molar-refractivity contribution in [2.45, 2.75) is 18.1 Å². The molecule has 108 valence electrons. The minimum Gasteiger partial charge on any atom is -0.481 e. The summed E-state index contributed by atoms with van der Waals surface area (Å²) in [6.45, 7) is 0.636. The average Bonchev–Trinajstić information content (AvgIpc) is 2.28. The monoisotopic (exact) mass is 277 g/mol. The Morgan fingerprint density at radius 1 is 1.32 bits per heavy atom. The Hall–Kier alpha value is -1.71. The largest absolute Gasteiger partial charge is 0.481 e. The second kappa shape index (κ2) is 5.95. The number of carbonyl (C=O) groups is 3. The highest BCUT2D eigenvalue weighted by molar-refractivity contribution is 5.90. The molecule has 0 saturated carbocycles. The van der Waals surface area contributed by atoms with Crippen LogP contribution in [0.2, 0.25) is 0 Å². The van der Waals surface area contributed by atoms with Gasteiger partial charge in [0.1, 0.15) is 5.92 Å². The van der Waals surface area contributed by atoms with Gasteiger partial charge in [0.25, 0.3) is 0 Å². The van der Waals surface area contributed by atoms with Crippen LogP contribution in [0.15, 0.2) is 0 Å². The number of aliphatic carboxylic acids is 3. The molecule has 1 saturated heterocycles. The predicted molar refractivity (Wildman–Crippen MR) is 58.6 cm³/mol. The van der Waals surface area contributed by atoms with E-state index in [0.717, 1.165) is 0 Å². The number of ether oxygens (including phenoxy) is 1. The summed E-state index contributed by atoms with van der Waals surface area (Å²) in [4.78, 5) is 33.0. The van der Waals surface area contributed by atoms with Gasteiger partial charge in [-0.1, -0.05) is 0 Å². The summed E-state index contributed by atoms with van der Waals surface area (Å²) in [6.07, 6.45) is -2.34. The molecule has 0 aliphatic carbocycles. The molecule has 0 aromatic carbocycles. The van der Waals surface area contributed by atoms with Crippen LogP contribution in [-0.4, -0.2) is 69.7 Å². The molecule has 1 aliphatic heterocycles. The van der Waals surface area contributed by atoms with Crippen LogP contribution in [0, 0.1) is 5.92 Å². The normalized spacial score (nSPS) is 24.2. The van der Waals surface area contributed by atoms with Crippen molar-refractivity contribution in [3.8, 4) is 0 Å². The summed E-state index contributed by atoms with van der Waals surface area (Å²) in [5, 5.41) is 39.5. The molecule has 19 heavy (non-hydrogen) atoms. The summed E-state index contributed by atoms with van der Waals surface area (Å²) >= 11 is 0. The van der Waals surface area contributed by atoms with Gasteiger partial charge >= 0.3 is 17.9 Å². The van der Waals surface area contributed by atoms with E-state index in [1.165, 1.54) is 0 Å². The van der Waals surface area contributed by atoms with E-state index in [0.29, 0.717) is 6.54 Å². The molecule has 3 unspecified atom stereocenters. The number of nitrogens with one attached hydrogen (secondary N) is 1. The summed E-state index contributed by atoms with van der Waals surface area (Å²) in [7, 11) is 0. The van der Waals surface area contributed by atoms with Gasteiger partial charge in [0.2, 0.25) is 0 Å². The number of aliphatic hydroxyl groups is 1. The summed E-state index contributed by atoms with van der Waals surface area (Å²) in [5.41, 5.74) is -2.93. The highest BCUT2D eigenvalue weighted by Gasteiger charge is 2.54. The minimum atomic E-state index is -2.93. The minimum absolute atomic E-state index is 0.0200. The standard InChI is InChI=1S/C10H15NO8/c12-6(13)3-10(18,9(16)17)7(8(14)15)5-4-11-1-2-19-5/h5,7,11,18H,1-4H2,(H,12,13)(H,14,15)(H,16,17). The van der Waals surface area contributed by atoms with Gasteiger partial charge < -0.3 is 30.5 Å². The smallest absolute Gasteiger partial charge is 0.337 e. The third-order valence-electron chi connectivity index (χ3n) is 2.90. The molecule has 0 radical (unpaired) electrons. The van der Waals surface area contributed by atoms with Crippen LogP contribution in [0.1, 0.15) is 6.42 Å². The lowest BCUT2D eigenvalue weighted by atomic mass is 9.80. The molecule has 0 amide bonds. The Labute approximate surface area is 107 Å². The molecule has 9 nitrogen and oxygen atoms in total. The molecule has 5 N–H and O–H groups in total. The first-order chi connectivity index (χ1) is 8.79. The van der Waals surface area contributed by atoms with Gasteiger partial charge in [-0.2, -0.15) is 0 Å². The van der Waals surface area contributed by atoms with Crippen LogP contribution in [0.5, 0.6) is 0 Å². The first kappa shape index (κ1) is 15.3. The van der Waals surface area contributed by atoms with Crippen molar-refractivity contribution in [2.75, 3.05) is 19.7 Å². The molecule has 0 aromatic rings. The number of carboxylic acid groups (broad SMARTS) is 3. The number of morpholine rings is 1. The van der Waals surface area contributed by atoms with Crippen molar-refractivity contribution in [1.29, 1.82) is 0 Å². The molecule has 0 aromatic heterocycles. The molecule has 1 aliphatic rings. The van der Waals surface area contributed by atoms with Crippen molar-refractivity contribution in [1.82, 2.24) is 5.32 Å². The zero-order valence-electron chi connectivity index (χ0n) is 9.90. The SMILES string of the molecule is O=C(O)CC(O)(C(=O)O)C(C(=O)O)C1CNCCO1. The molecule has 1 rings (SSSR count). The second-order valence-corrected chi connectivity index (χ2v) is 4.23. The Bertz CT molecular complexity index is 378. The van der Waals surface area contributed by atoms with Gasteiger partial charge in [-0.15, -0.1) is 0 Å². The molecule has 0 spiro atoms. The second-order valence-electron chi connectivity index (χ2n) is 4.23. The lowest BCUT2D eigenvalue weighted by Crippen LogP contribution is -2.59. The van der Waals surface area contributed by atoms with Gasteiger partial charge in [-0.05, 0) is 0 Å². The lowest BCUT2D eigenvalue weighted by molar-refractivity contribution is -0.190. The van der Waals surface area contributed by atoms with E-state index in [2.05, 4.69) is 5.32 Å². The van der Waals surface area contributed by atoms with Gasteiger partial charge in [0, 0.05) is 13.1 Å². The molecule has 1 fully saturated rings. The highest BCUT2D eigenvalue weighted by Crippen LogP contribution is 2.28. The van der Waals surface area contributed by atoms with E-state index in [4.69, 9.17) is 20.1 Å². The van der Waals surface area contributed by atoms with Crippen LogP contribution >= 0.6 is 0 Å². The zero-order chi connectivity index (χ0) is 14.6. The van der Waals surface area contributed by atoms with Gasteiger partial charge in [0.15, 0.2) is 5.60 Å². The fourth-order valence-corrected chi connectivity index (χ4v) is 2.02. The Kier molecular flexibility index (Phi) is 4.81. The maximum absolute atomic E-state index is 11.2. The first-order valence-electron chi connectivity index (χ1n) is 5.51. The maximum Gasteiger partial charge on any atom is 0.337 e. The van der Waals surface area contributed by atoms with E-state index < -0.39 is 42.0 Å². The van der Waals surface area contributed by atoms with Crippen LogP contribution in [0.4, 0.5) is 0 Å². The van der Waals surface area contributed by atoms with Gasteiger partial charge in [-0.3, -0.25) is 9.59 Å². The number of hydrogen-bond donors (Lipinski definition) is 5. The maximum atomic E-state index is 11.2. The number of carboxylic acids is 3. The summed E-state index contributed by atoms with van der Waals surface area (Å²) in [5.74, 6) is -7.02. The van der Waals surface area contributed by atoms with E-state index in [-0.39, 0.29) is 13.2 Å². The van der Waals surface area contributed by atoms with Crippen molar-refractivity contribution in [2.24, 2.45) is 5.92 Å². The predicted octanol–water partition coefficient (Wildman–Crippen LogP) is -2.03. The topological polar surface area (TPSA) is 153 Å². The average molecular weight is 277 g/mol. The Morgan fingerprint density at radius 2 is 1.95 bits per heavy atom. The van der Waals surface area contributed by atoms with Gasteiger partial charge in [-0.25, -0.2) is 4.79 Å². The van der Waals surface area contributed by atoms with E-state index >= 15 is 0 Å². The Balaban J connectivity index is 3.07. The molecular formula is C10H15NO8. The van der Waals surface area contributed by atoms with Crippen molar-refractivity contribution in [3.05, 3.63) is 0 Å². The van der Waals surface area contributed by atoms with E-state index in [1.54, 1.807) is 0 Å². The summed E-state index contributed by atoms with van der Waals surface area (Å²) in [6, 6.07) is 0. The quantitative estimate of drug-likeness (QED) is 0.369. The van der Waals surface area contributed by atoms with Crippen molar-refractivity contribution >= 4 is 17.9 Å². The first-order valence-corrected chi connectivity index (χ1v) is 5.51. The number of rotatable bonds is 6. The molecular weight excluding hydrogens is 262 g/mol. The van der Waals surface area contributed by atoms with Crippen molar-refractivity contribution in [3.63, 3.8) is 0 Å².